The number of H-pyrrole nitrogens is 1. The number of carbonyl (C=O) groups excluding carboxylic acids is 4. The molecule has 4 heterocycles. The van der Waals surface area contributed by atoms with Gasteiger partial charge in [-0.2, -0.15) is 0 Å². The lowest BCUT2D eigenvalue weighted by atomic mass is 9.93. The number of unbranched alkanes of at least 4 members (excludes halogenated alkanes) is 2. The van der Waals surface area contributed by atoms with Crippen molar-refractivity contribution in [1.29, 1.82) is 0 Å². The van der Waals surface area contributed by atoms with Crippen molar-refractivity contribution in [3.63, 3.8) is 0 Å². The van der Waals surface area contributed by atoms with Gasteiger partial charge in [0, 0.05) is 76.9 Å². The average molecular weight is 926 g/mol. The number of benzene rings is 4. The molecule has 4 amide bonds. The SMILES string of the molecule is C=C1C=C(c2ccc(OCCOCCCCCOCCCc3cccc4c3C(=C)N(C3CCC(=O)NC3=O)C4=O)cc2Cl)Oc2cc(OCC)c(-c3cc(C(N)=O)cc(-c4cnc[nH]4)c3)cc21. The fourth-order valence-corrected chi connectivity index (χ4v) is 8.79. The van der Waals surface area contributed by atoms with Crippen molar-refractivity contribution in [3.05, 3.63) is 137 Å². The summed E-state index contributed by atoms with van der Waals surface area (Å²) in [5.41, 5.74) is 14.0. The molecule has 1 saturated heterocycles. The highest BCUT2D eigenvalue weighted by Gasteiger charge is 2.42. The molecule has 5 aromatic rings. The Labute approximate surface area is 393 Å². The van der Waals surface area contributed by atoms with Crippen molar-refractivity contribution < 1.29 is 42.9 Å². The van der Waals surface area contributed by atoms with E-state index in [1.165, 1.54) is 4.90 Å². The second kappa shape index (κ2) is 21.1. The van der Waals surface area contributed by atoms with Crippen molar-refractivity contribution in [2.75, 3.05) is 39.6 Å². The molecule has 1 aromatic heterocycles. The maximum Gasteiger partial charge on any atom is 0.259 e. The molecule has 0 spiro atoms. The van der Waals surface area contributed by atoms with Gasteiger partial charge in [0.25, 0.3) is 5.91 Å². The first-order valence-corrected chi connectivity index (χ1v) is 22.8. The normalized spacial score (nSPS) is 15.5. The van der Waals surface area contributed by atoms with Gasteiger partial charge in [0.15, 0.2) is 0 Å². The fourth-order valence-electron chi connectivity index (χ4n) is 8.52. The smallest absolute Gasteiger partial charge is 0.259 e. The number of hydrogen-bond acceptors (Lipinski definition) is 10. The molecule has 346 valence electrons. The van der Waals surface area contributed by atoms with E-state index in [0.717, 1.165) is 64.8 Å². The summed E-state index contributed by atoms with van der Waals surface area (Å²) in [6.07, 6.45) is 9.80. The number of fused-ring (bicyclic) bond motifs is 2. The van der Waals surface area contributed by atoms with E-state index < -0.39 is 17.9 Å². The number of nitrogens with zero attached hydrogens (tertiary/aromatic N) is 2. The number of aromatic amines is 1. The van der Waals surface area contributed by atoms with Crippen LogP contribution in [-0.2, 0) is 25.5 Å². The third kappa shape index (κ3) is 10.5. The molecule has 3 aliphatic heterocycles. The molecule has 1 unspecified atom stereocenters. The van der Waals surface area contributed by atoms with Gasteiger partial charge in [0.1, 0.15) is 35.7 Å². The molecule has 4 aromatic carbocycles. The summed E-state index contributed by atoms with van der Waals surface area (Å²) in [6, 6.07) is 19.5. The molecule has 0 aliphatic carbocycles. The van der Waals surface area contributed by atoms with Crippen LogP contribution in [0.4, 0.5) is 0 Å². The molecule has 0 bridgehead atoms. The molecule has 14 nitrogen and oxygen atoms in total. The van der Waals surface area contributed by atoms with E-state index in [1.54, 1.807) is 36.8 Å². The van der Waals surface area contributed by atoms with Crippen molar-refractivity contribution >= 4 is 52.3 Å². The molecule has 1 fully saturated rings. The van der Waals surface area contributed by atoms with Crippen LogP contribution in [0.5, 0.6) is 17.2 Å². The summed E-state index contributed by atoms with van der Waals surface area (Å²) in [7, 11) is 0. The van der Waals surface area contributed by atoms with Crippen LogP contribution in [0.2, 0.25) is 5.02 Å². The molecule has 0 saturated carbocycles. The predicted molar refractivity (Wildman–Crippen MR) is 255 cm³/mol. The van der Waals surface area contributed by atoms with E-state index in [1.807, 2.05) is 55.5 Å². The third-order valence-corrected chi connectivity index (χ3v) is 12.1. The lowest BCUT2D eigenvalue weighted by molar-refractivity contribution is -0.136. The van der Waals surface area contributed by atoms with Gasteiger partial charge in [-0.25, -0.2) is 4.98 Å². The third-order valence-electron chi connectivity index (χ3n) is 11.8. The Bertz CT molecular complexity index is 2770. The maximum absolute atomic E-state index is 13.3. The minimum Gasteiger partial charge on any atom is -0.493 e. The predicted octanol–water partition coefficient (Wildman–Crippen LogP) is 8.79. The van der Waals surface area contributed by atoms with E-state index >= 15 is 0 Å². The summed E-state index contributed by atoms with van der Waals surface area (Å²) in [5.74, 6) is 0.640. The number of aryl methyl sites for hydroxylation is 1. The average Bonchev–Trinajstić information content (AvgIpc) is 3.94. The topological polar surface area (TPSA) is 184 Å². The second-order valence-corrected chi connectivity index (χ2v) is 16.8. The van der Waals surface area contributed by atoms with Gasteiger partial charge in [-0.1, -0.05) is 36.9 Å². The van der Waals surface area contributed by atoms with Gasteiger partial charge in [-0.3, -0.25) is 29.4 Å². The molecule has 15 heteroatoms. The zero-order valence-electron chi connectivity index (χ0n) is 37.3. The molecule has 67 heavy (non-hydrogen) atoms. The van der Waals surface area contributed by atoms with Crippen LogP contribution in [0, 0.1) is 0 Å². The van der Waals surface area contributed by atoms with Crippen LogP contribution >= 0.6 is 11.6 Å². The van der Waals surface area contributed by atoms with Crippen molar-refractivity contribution in [2.24, 2.45) is 5.73 Å². The number of carbonyl (C=O) groups is 4. The number of halogens is 1. The molecule has 4 N–H and O–H groups in total. The van der Waals surface area contributed by atoms with Gasteiger partial charge < -0.3 is 34.4 Å². The Balaban J connectivity index is 0.749. The second-order valence-electron chi connectivity index (χ2n) is 16.3. The van der Waals surface area contributed by atoms with Gasteiger partial charge in [0.05, 0.1) is 36.5 Å². The number of primary amides is 1. The largest absolute Gasteiger partial charge is 0.493 e. The van der Waals surface area contributed by atoms with Crippen molar-refractivity contribution in [3.8, 4) is 39.6 Å². The van der Waals surface area contributed by atoms with Gasteiger partial charge >= 0.3 is 0 Å². The number of nitrogens with one attached hydrogen (secondary N) is 2. The van der Waals surface area contributed by atoms with E-state index in [2.05, 4.69) is 28.4 Å². The van der Waals surface area contributed by atoms with E-state index in [0.29, 0.717) is 102 Å². The van der Waals surface area contributed by atoms with Gasteiger partial charge in [-0.15, -0.1) is 0 Å². The lowest BCUT2D eigenvalue weighted by Crippen LogP contribution is -2.52. The number of rotatable bonds is 21. The first kappa shape index (κ1) is 46.5. The van der Waals surface area contributed by atoms with Crippen molar-refractivity contribution in [2.45, 2.75) is 57.9 Å². The van der Waals surface area contributed by atoms with Crippen LogP contribution in [0.3, 0.4) is 0 Å². The van der Waals surface area contributed by atoms with E-state index in [4.69, 9.17) is 41.0 Å². The molecular weight excluding hydrogens is 874 g/mol. The molecule has 0 radical (unpaired) electrons. The van der Waals surface area contributed by atoms with E-state index in [-0.39, 0.29) is 24.7 Å². The Kier molecular flexibility index (Phi) is 14.6. The van der Waals surface area contributed by atoms with Crippen LogP contribution in [0.25, 0.3) is 39.4 Å². The highest BCUT2D eigenvalue weighted by atomic mass is 35.5. The zero-order chi connectivity index (χ0) is 47.0. The number of ether oxygens (including phenoxy) is 5. The van der Waals surface area contributed by atoms with E-state index in [9.17, 15) is 19.2 Å². The first-order valence-electron chi connectivity index (χ1n) is 22.4. The number of amides is 4. The Morgan fingerprint density at radius 2 is 1.67 bits per heavy atom. The number of piperidine rings is 1. The molecule has 8 rings (SSSR count). The molecular formula is C52H52ClN5O9. The number of nitrogens with two attached hydrogens (primary N) is 1. The standard InChI is InChI=1S/C52H52ClN5O9/c1-4-65-45-28-47-40(27-41(45)34-23-35(43-29-55-30-56-43)25-36(24-34)50(54)60)31(2)22-46(67-47)38-14-13-37(26-42(38)53)66-21-20-64-18-7-5-6-17-63-19-9-11-33-10-8-12-39-49(33)32(3)58(52(39)62)44-15-16-48(59)57-51(44)61/h8,10,12-14,22-30,44H,2-7,9,11,15-21H2,1H3,(H2,54,60)(H,55,56)(H,57,59,61). The number of allylic oxidation sites excluding steroid dienone is 2. The molecule has 1 atom stereocenters. The summed E-state index contributed by atoms with van der Waals surface area (Å²) >= 11 is 6.79. The summed E-state index contributed by atoms with van der Waals surface area (Å²) < 4.78 is 30.2. The highest BCUT2D eigenvalue weighted by molar-refractivity contribution is 6.32. The quantitative estimate of drug-likeness (QED) is 0.0475. The summed E-state index contributed by atoms with van der Waals surface area (Å²) in [4.78, 5) is 58.4. The lowest BCUT2D eigenvalue weighted by Gasteiger charge is -2.30. The van der Waals surface area contributed by atoms with Crippen LogP contribution in [0.1, 0.15) is 88.4 Å². The molecule has 3 aliphatic rings. The number of imide groups is 1. The fraction of sp³-hybridized carbons (Fsp3) is 0.288. The van der Waals surface area contributed by atoms with Gasteiger partial charge in [0.2, 0.25) is 17.7 Å². The monoisotopic (exact) mass is 925 g/mol. The Hall–Kier alpha value is -7.00. The van der Waals surface area contributed by atoms with Crippen LogP contribution in [-0.4, -0.2) is 84.2 Å². The van der Waals surface area contributed by atoms with Gasteiger partial charge in [-0.05, 0) is 117 Å². The number of hydrogen-bond donors (Lipinski definition) is 3. The van der Waals surface area contributed by atoms with Crippen molar-refractivity contribution in [1.82, 2.24) is 20.2 Å². The first-order chi connectivity index (χ1) is 32.5. The highest BCUT2D eigenvalue weighted by Crippen LogP contribution is 2.45. The zero-order valence-corrected chi connectivity index (χ0v) is 38.0. The summed E-state index contributed by atoms with van der Waals surface area (Å²) in [5, 5.41) is 2.78. The van der Waals surface area contributed by atoms with Crippen LogP contribution in [0.15, 0.2) is 98.5 Å². The number of imidazole rings is 1. The minimum absolute atomic E-state index is 0.187. The Morgan fingerprint density at radius 1 is 0.881 bits per heavy atom. The number of aromatic nitrogens is 2. The van der Waals surface area contributed by atoms with Crippen LogP contribution < -0.4 is 25.3 Å². The maximum atomic E-state index is 13.3. The minimum atomic E-state index is -0.740. The Morgan fingerprint density at radius 3 is 2.42 bits per heavy atom. The summed E-state index contributed by atoms with van der Waals surface area (Å²) in [6.45, 7) is 13.4.